The van der Waals surface area contributed by atoms with E-state index in [-0.39, 0.29) is 0 Å². The van der Waals surface area contributed by atoms with E-state index in [1.165, 1.54) is 0 Å². The summed E-state index contributed by atoms with van der Waals surface area (Å²) in [6, 6.07) is 5.86. The van der Waals surface area contributed by atoms with E-state index in [1.54, 1.807) is 18.5 Å². The summed E-state index contributed by atoms with van der Waals surface area (Å²) in [7, 11) is 0. The van der Waals surface area contributed by atoms with Gasteiger partial charge in [0.2, 0.25) is 0 Å². The van der Waals surface area contributed by atoms with Crippen molar-refractivity contribution in [2.75, 3.05) is 0 Å². The summed E-state index contributed by atoms with van der Waals surface area (Å²) in [6.07, 6.45) is 3.42. The van der Waals surface area contributed by atoms with E-state index < -0.39 is 0 Å². The van der Waals surface area contributed by atoms with Crippen LogP contribution in [-0.2, 0) is 5.33 Å². The molecule has 0 amide bonds. The van der Waals surface area contributed by atoms with Crippen LogP contribution in [-0.4, -0.2) is 9.97 Å². The number of halogens is 2. The number of benzene rings is 1. The minimum atomic E-state index is 0.294. The zero-order valence-corrected chi connectivity index (χ0v) is 11.5. The molecule has 1 aromatic carbocycles. The van der Waals surface area contributed by atoms with Crippen LogP contribution in [0.25, 0.3) is 0 Å². The van der Waals surface area contributed by atoms with Crippen molar-refractivity contribution in [2.45, 2.75) is 12.3 Å². The third-order valence-corrected chi connectivity index (χ3v) is 3.08. The number of ether oxygens (including phenoxy) is 1. The Morgan fingerprint density at radius 1 is 1.29 bits per heavy atom. The highest BCUT2D eigenvalue weighted by Gasteiger charge is 2.05. The van der Waals surface area contributed by atoms with Crippen LogP contribution < -0.4 is 4.74 Å². The monoisotopic (exact) mass is 312 g/mol. The molecule has 0 N–H and O–H groups in total. The summed E-state index contributed by atoms with van der Waals surface area (Å²) in [4.78, 5) is 8.19. The Labute approximate surface area is 113 Å². The lowest BCUT2D eigenvalue weighted by Crippen LogP contribution is -1.93. The van der Waals surface area contributed by atoms with Crippen molar-refractivity contribution in [2.24, 2.45) is 0 Å². The first-order valence-corrected chi connectivity index (χ1v) is 6.50. The minimum Gasteiger partial charge on any atom is -0.423 e. The van der Waals surface area contributed by atoms with Gasteiger partial charge in [0.25, 0.3) is 0 Å². The Morgan fingerprint density at radius 3 is 2.65 bits per heavy atom. The van der Waals surface area contributed by atoms with Gasteiger partial charge in [-0.25, -0.2) is 9.97 Å². The predicted octanol–water partition coefficient (Wildman–Crippen LogP) is 4.13. The topological polar surface area (TPSA) is 35.0 Å². The van der Waals surface area contributed by atoms with Crippen LogP contribution in [0.15, 0.2) is 30.6 Å². The van der Waals surface area contributed by atoms with Gasteiger partial charge in [-0.3, -0.25) is 0 Å². The van der Waals surface area contributed by atoms with Gasteiger partial charge in [0, 0.05) is 17.7 Å². The predicted molar refractivity (Wildman–Crippen MR) is 70.9 cm³/mol. The molecular weight excluding hydrogens is 304 g/mol. The van der Waals surface area contributed by atoms with Gasteiger partial charge in [0.1, 0.15) is 5.75 Å². The van der Waals surface area contributed by atoms with E-state index in [2.05, 4.69) is 25.9 Å². The lowest BCUT2D eigenvalue weighted by Gasteiger charge is -2.06. The van der Waals surface area contributed by atoms with Gasteiger partial charge >= 0.3 is 6.01 Å². The van der Waals surface area contributed by atoms with Crippen molar-refractivity contribution < 1.29 is 4.74 Å². The van der Waals surface area contributed by atoms with E-state index in [4.69, 9.17) is 16.3 Å². The van der Waals surface area contributed by atoms with Gasteiger partial charge in [-0.1, -0.05) is 33.6 Å². The lowest BCUT2D eigenvalue weighted by molar-refractivity contribution is 0.441. The van der Waals surface area contributed by atoms with E-state index in [0.717, 1.165) is 16.5 Å². The Bertz CT molecular complexity index is 516. The largest absolute Gasteiger partial charge is 0.423 e. The molecule has 2 rings (SSSR count). The van der Waals surface area contributed by atoms with E-state index in [9.17, 15) is 0 Å². The molecule has 88 valence electrons. The van der Waals surface area contributed by atoms with Crippen LogP contribution in [0.5, 0.6) is 11.8 Å². The molecule has 0 bridgehead atoms. The van der Waals surface area contributed by atoms with Gasteiger partial charge in [-0.05, 0) is 30.2 Å². The van der Waals surface area contributed by atoms with Crippen LogP contribution in [0.3, 0.4) is 0 Å². The summed E-state index contributed by atoms with van der Waals surface area (Å²) in [6.45, 7) is 1.97. The van der Waals surface area contributed by atoms with Crippen molar-refractivity contribution >= 4 is 27.5 Å². The molecule has 1 heterocycles. The Balaban J connectivity index is 2.22. The molecule has 0 spiro atoms. The maximum atomic E-state index is 6.02. The van der Waals surface area contributed by atoms with E-state index in [1.807, 2.05) is 19.1 Å². The van der Waals surface area contributed by atoms with Gasteiger partial charge in [0.15, 0.2) is 0 Å². The SMILES string of the molecule is Cc1ccc(Cl)c(Oc2ncc(CBr)cn2)c1. The zero-order chi connectivity index (χ0) is 12.3. The van der Waals surface area contributed by atoms with Gasteiger partial charge in [-0.15, -0.1) is 0 Å². The number of hydrogen-bond acceptors (Lipinski definition) is 3. The van der Waals surface area contributed by atoms with Gasteiger partial charge < -0.3 is 4.74 Å². The molecule has 0 aliphatic rings. The quantitative estimate of drug-likeness (QED) is 0.799. The molecule has 0 fully saturated rings. The number of rotatable bonds is 3. The van der Waals surface area contributed by atoms with Crippen molar-refractivity contribution in [1.82, 2.24) is 9.97 Å². The first kappa shape index (κ1) is 12.3. The first-order chi connectivity index (χ1) is 8.19. The Kier molecular flexibility index (Phi) is 3.97. The Morgan fingerprint density at radius 2 is 2.00 bits per heavy atom. The smallest absolute Gasteiger partial charge is 0.321 e. The molecule has 0 aliphatic heterocycles. The summed E-state index contributed by atoms with van der Waals surface area (Å²) >= 11 is 9.34. The minimum absolute atomic E-state index is 0.294. The molecule has 3 nitrogen and oxygen atoms in total. The second-order valence-corrected chi connectivity index (χ2v) is 4.51. The fourth-order valence-corrected chi connectivity index (χ4v) is 1.70. The molecule has 0 saturated heterocycles. The van der Waals surface area contributed by atoms with Crippen LogP contribution in [0.1, 0.15) is 11.1 Å². The number of nitrogens with zero attached hydrogens (tertiary/aromatic N) is 2. The summed E-state index contributed by atoms with van der Waals surface area (Å²) in [5.41, 5.74) is 2.06. The van der Waals surface area contributed by atoms with Crippen molar-refractivity contribution in [3.05, 3.63) is 46.7 Å². The highest BCUT2D eigenvalue weighted by atomic mass is 79.9. The highest BCUT2D eigenvalue weighted by Crippen LogP contribution is 2.28. The standard InChI is InChI=1S/C12H10BrClN2O/c1-8-2-3-10(14)11(4-8)17-12-15-6-9(5-13)7-16-12/h2-4,6-7H,5H2,1H3. The van der Waals surface area contributed by atoms with E-state index >= 15 is 0 Å². The number of aryl methyl sites for hydroxylation is 1. The maximum Gasteiger partial charge on any atom is 0.321 e. The van der Waals surface area contributed by atoms with Crippen LogP contribution in [0.4, 0.5) is 0 Å². The van der Waals surface area contributed by atoms with E-state index in [0.29, 0.717) is 16.8 Å². The molecule has 0 unspecified atom stereocenters. The maximum absolute atomic E-state index is 6.02. The molecule has 1 aromatic heterocycles. The lowest BCUT2D eigenvalue weighted by atomic mass is 10.2. The molecule has 0 saturated carbocycles. The van der Waals surface area contributed by atoms with Crippen molar-refractivity contribution in [1.29, 1.82) is 0 Å². The first-order valence-electron chi connectivity index (χ1n) is 5.00. The fraction of sp³-hybridized carbons (Fsp3) is 0.167. The number of hydrogen-bond donors (Lipinski definition) is 0. The molecule has 2 aromatic rings. The number of aromatic nitrogens is 2. The van der Waals surface area contributed by atoms with Gasteiger partial charge in [-0.2, -0.15) is 0 Å². The fourth-order valence-electron chi connectivity index (χ4n) is 1.25. The highest BCUT2D eigenvalue weighted by molar-refractivity contribution is 9.08. The summed E-state index contributed by atoms with van der Waals surface area (Å²) in [5, 5.41) is 1.27. The number of alkyl halides is 1. The molecule has 0 radical (unpaired) electrons. The molecule has 0 atom stereocenters. The summed E-state index contributed by atoms with van der Waals surface area (Å²) in [5.74, 6) is 0.568. The summed E-state index contributed by atoms with van der Waals surface area (Å²) < 4.78 is 5.52. The van der Waals surface area contributed by atoms with Crippen LogP contribution in [0.2, 0.25) is 5.02 Å². The van der Waals surface area contributed by atoms with Gasteiger partial charge in [0.05, 0.1) is 5.02 Å². The third kappa shape index (κ3) is 3.17. The van der Waals surface area contributed by atoms with Crippen molar-refractivity contribution in [3.63, 3.8) is 0 Å². The van der Waals surface area contributed by atoms with Crippen molar-refractivity contribution in [3.8, 4) is 11.8 Å². The molecule has 17 heavy (non-hydrogen) atoms. The molecular formula is C12H10BrClN2O. The average molecular weight is 314 g/mol. The molecule has 0 aliphatic carbocycles. The average Bonchev–Trinajstić information content (AvgIpc) is 2.35. The second kappa shape index (κ2) is 5.47. The Hall–Kier alpha value is -1.13. The third-order valence-electron chi connectivity index (χ3n) is 2.12. The van der Waals surface area contributed by atoms with Crippen LogP contribution in [0, 0.1) is 6.92 Å². The normalized spacial score (nSPS) is 10.3. The molecule has 5 heteroatoms. The second-order valence-electron chi connectivity index (χ2n) is 3.54. The zero-order valence-electron chi connectivity index (χ0n) is 9.15. The van der Waals surface area contributed by atoms with Crippen LogP contribution >= 0.6 is 27.5 Å².